The number of amides is 1. The molecular weight excluding hydrogens is 330 g/mol. The summed E-state index contributed by atoms with van der Waals surface area (Å²) in [6, 6.07) is 8.06. The molecule has 0 aromatic heterocycles. The van der Waals surface area contributed by atoms with Crippen molar-refractivity contribution in [3.05, 3.63) is 29.8 Å². The van der Waals surface area contributed by atoms with Crippen molar-refractivity contribution in [3.8, 4) is 5.75 Å². The molecule has 3 aliphatic heterocycles. The Morgan fingerprint density at radius 1 is 1.15 bits per heavy atom. The van der Waals surface area contributed by atoms with Crippen LogP contribution in [0, 0.1) is 0 Å². The lowest BCUT2D eigenvalue weighted by Crippen LogP contribution is -2.49. The van der Waals surface area contributed by atoms with E-state index in [9.17, 15) is 4.79 Å². The molecule has 1 aromatic rings. The molecule has 1 aromatic carbocycles. The average molecular weight is 359 g/mol. The van der Waals surface area contributed by atoms with E-state index in [1.807, 2.05) is 29.2 Å². The van der Waals surface area contributed by atoms with E-state index in [0.717, 1.165) is 76.5 Å². The molecule has 2 atom stereocenters. The molecule has 1 N–H and O–H groups in total. The number of hydrogen-bond donors (Lipinski definition) is 1. The molecule has 0 bridgehead atoms. The third-order valence-electron chi connectivity index (χ3n) is 5.68. The molecule has 4 rings (SSSR count). The highest BCUT2D eigenvalue weighted by Crippen LogP contribution is 2.21. The molecule has 0 aliphatic carbocycles. The number of rotatable bonds is 5. The summed E-state index contributed by atoms with van der Waals surface area (Å²) in [5.41, 5.74) is 0.746. The predicted octanol–water partition coefficient (Wildman–Crippen LogP) is 1.36. The molecule has 6 nitrogen and oxygen atoms in total. The van der Waals surface area contributed by atoms with Gasteiger partial charge in [-0.3, -0.25) is 9.69 Å². The van der Waals surface area contributed by atoms with Crippen molar-refractivity contribution in [3.63, 3.8) is 0 Å². The number of nitrogens with zero attached hydrogens (tertiary/aromatic N) is 2. The number of hydrogen-bond acceptors (Lipinski definition) is 5. The fourth-order valence-corrected chi connectivity index (χ4v) is 4.11. The lowest BCUT2D eigenvalue weighted by atomic mass is 10.2. The Bertz CT molecular complexity index is 595. The van der Waals surface area contributed by atoms with Crippen molar-refractivity contribution < 1.29 is 14.3 Å². The second kappa shape index (κ2) is 8.37. The SMILES string of the molecule is O=C(c1ccc(OCC2CCCO2)cc1)N1CCC(N2CCNCC2)C1. The molecule has 0 radical (unpaired) electrons. The molecule has 1 amide bonds. The van der Waals surface area contributed by atoms with Gasteiger partial charge in [-0.05, 0) is 43.5 Å². The molecule has 3 heterocycles. The smallest absolute Gasteiger partial charge is 0.253 e. The number of carbonyl (C=O) groups excluding carboxylic acids is 1. The van der Waals surface area contributed by atoms with Crippen molar-refractivity contribution in [1.29, 1.82) is 0 Å². The molecule has 26 heavy (non-hydrogen) atoms. The van der Waals surface area contributed by atoms with E-state index in [2.05, 4.69) is 10.2 Å². The van der Waals surface area contributed by atoms with E-state index < -0.39 is 0 Å². The highest BCUT2D eigenvalue weighted by Gasteiger charge is 2.31. The number of likely N-dealkylation sites (tertiary alicyclic amines) is 1. The van der Waals surface area contributed by atoms with Gasteiger partial charge >= 0.3 is 0 Å². The van der Waals surface area contributed by atoms with Gasteiger partial charge in [0.15, 0.2) is 0 Å². The van der Waals surface area contributed by atoms with Crippen molar-refractivity contribution in [2.45, 2.75) is 31.4 Å². The van der Waals surface area contributed by atoms with Crippen molar-refractivity contribution in [2.24, 2.45) is 0 Å². The van der Waals surface area contributed by atoms with Gasteiger partial charge in [0.2, 0.25) is 0 Å². The first-order valence-electron chi connectivity index (χ1n) is 9.88. The number of nitrogens with one attached hydrogen (secondary N) is 1. The van der Waals surface area contributed by atoms with Crippen LogP contribution in [0.5, 0.6) is 5.75 Å². The Balaban J connectivity index is 1.28. The largest absolute Gasteiger partial charge is 0.491 e. The summed E-state index contributed by atoms with van der Waals surface area (Å²) < 4.78 is 11.4. The molecule has 2 unspecified atom stereocenters. The summed E-state index contributed by atoms with van der Waals surface area (Å²) in [7, 11) is 0. The quantitative estimate of drug-likeness (QED) is 0.860. The van der Waals surface area contributed by atoms with E-state index in [-0.39, 0.29) is 12.0 Å². The van der Waals surface area contributed by atoms with E-state index in [4.69, 9.17) is 9.47 Å². The topological polar surface area (TPSA) is 54.0 Å². The Morgan fingerprint density at radius 3 is 2.69 bits per heavy atom. The molecule has 0 saturated carbocycles. The van der Waals surface area contributed by atoms with Gasteiger partial charge in [-0.15, -0.1) is 0 Å². The van der Waals surface area contributed by atoms with Gasteiger partial charge in [0, 0.05) is 57.5 Å². The molecule has 3 aliphatic rings. The Morgan fingerprint density at radius 2 is 1.96 bits per heavy atom. The Hall–Kier alpha value is -1.63. The summed E-state index contributed by atoms with van der Waals surface area (Å²) in [5.74, 6) is 0.936. The normalized spacial score (nSPS) is 27.0. The molecule has 142 valence electrons. The van der Waals surface area contributed by atoms with Gasteiger partial charge in [0.25, 0.3) is 5.91 Å². The van der Waals surface area contributed by atoms with Gasteiger partial charge < -0.3 is 19.7 Å². The van der Waals surface area contributed by atoms with E-state index >= 15 is 0 Å². The maximum Gasteiger partial charge on any atom is 0.253 e. The molecule has 0 spiro atoms. The highest BCUT2D eigenvalue weighted by atomic mass is 16.5. The lowest BCUT2D eigenvalue weighted by molar-refractivity contribution is 0.0679. The minimum atomic E-state index is 0.133. The van der Waals surface area contributed by atoms with Gasteiger partial charge in [-0.1, -0.05) is 0 Å². The second-order valence-corrected chi connectivity index (χ2v) is 7.45. The first-order valence-corrected chi connectivity index (χ1v) is 9.88. The van der Waals surface area contributed by atoms with E-state index in [0.29, 0.717) is 12.6 Å². The monoisotopic (exact) mass is 359 g/mol. The second-order valence-electron chi connectivity index (χ2n) is 7.45. The Kier molecular flexibility index (Phi) is 5.72. The van der Waals surface area contributed by atoms with Crippen LogP contribution in [0.15, 0.2) is 24.3 Å². The minimum Gasteiger partial charge on any atom is -0.491 e. The van der Waals surface area contributed by atoms with Crippen molar-refractivity contribution in [2.75, 3.05) is 52.5 Å². The maximum absolute atomic E-state index is 12.8. The zero-order valence-corrected chi connectivity index (χ0v) is 15.4. The van der Waals surface area contributed by atoms with Gasteiger partial charge in [0.05, 0.1) is 6.10 Å². The minimum absolute atomic E-state index is 0.133. The number of benzene rings is 1. The van der Waals surface area contributed by atoms with Crippen LogP contribution in [0.3, 0.4) is 0 Å². The number of ether oxygens (including phenoxy) is 2. The molecule has 3 fully saturated rings. The van der Waals surface area contributed by atoms with Crippen molar-refractivity contribution >= 4 is 5.91 Å². The van der Waals surface area contributed by atoms with Crippen LogP contribution in [0.25, 0.3) is 0 Å². The van der Waals surface area contributed by atoms with Gasteiger partial charge in [0.1, 0.15) is 12.4 Å². The van der Waals surface area contributed by atoms with Crippen LogP contribution in [0.2, 0.25) is 0 Å². The van der Waals surface area contributed by atoms with Crippen molar-refractivity contribution in [1.82, 2.24) is 15.1 Å². The predicted molar refractivity (Wildman–Crippen MR) is 99.7 cm³/mol. The first kappa shape index (κ1) is 17.8. The Labute approximate surface area is 155 Å². The van der Waals surface area contributed by atoms with E-state index in [1.54, 1.807) is 0 Å². The summed E-state index contributed by atoms with van der Waals surface area (Å²) in [6.07, 6.45) is 3.48. The summed E-state index contributed by atoms with van der Waals surface area (Å²) in [4.78, 5) is 17.3. The lowest BCUT2D eigenvalue weighted by Gasteiger charge is -2.32. The fourth-order valence-electron chi connectivity index (χ4n) is 4.11. The zero-order valence-electron chi connectivity index (χ0n) is 15.4. The summed E-state index contributed by atoms with van der Waals surface area (Å²) >= 11 is 0. The van der Waals surface area contributed by atoms with Gasteiger partial charge in [-0.2, -0.15) is 0 Å². The van der Waals surface area contributed by atoms with Crippen LogP contribution < -0.4 is 10.1 Å². The molecule has 6 heteroatoms. The fraction of sp³-hybridized carbons (Fsp3) is 0.650. The number of piperazine rings is 1. The van der Waals surface area contributed by atoms with Crippen LogP contribution in [-0.2, 0) is 4.74 Å². The van der Waals surface area contributed by atoms with Crippen LogP contribution >= 0.6 is 0 Å². The summed E-state index contributed by atoms with van der Waals surface area (Å²) in [5, 5.41) is 3.39. The van der Waals surface area contributed by atoms with Crippen LogP contribution in [0.1, 0.15) is 29.6 Å². The molecular formula is C20H29N3O3. The molecule has 3 saturated heterocycles. The first-order chi connectivity index (χ1) is 12.8. The standard InChI is InChI=1S/C20H29N3O3/c24-20(23-10-7-17(14-23)22-11-8-21-9-12-22)16-3-5-18(6-4-16)26-15-19-2-1-13-25-19/h3-6,17,19,21H,1-2,7-15H2. The van der Waals surface area contributed by atoms with E-state index in [1.165, 1.54) is 0 Å². The third-order valence-corrected chi connectivity index (χ3v) is 5.68. The maximum atomic E-state index is 12.8. The highest BCUT2D eigenvalue weighted by molar-refractivity contribution is 5.94. The van der Waals surface area contributed by atoms with Crippen LogP contribution in [-0.4, -0.2) is 80.3 Å². The number of carbonyl (C=O) groups is 1. The van der Waals surface area contributed by atoms with Crippen LogP contribution in [0.4, 0.5) is 0 Å². The average Bonchev–Trinajstić information content (AvgIpc) is 3.39. The van der Waals surface area contributed by atoms with Gasteiger partial charge in [-0.25, -0.2) is 0 Å². The summed E-state index contributed by atoms with van der Waals surface area (Å²) in [6.45, 7) is 7.40. The zero-order chi connectivity index (χ0) is 17.8. The third kappa shape index (κ3) is 4.19.